The average molecular weight is 333 g/mol. The van der Waals surface area contributed by atoms with Crippen molar-refractivity contribution in [2.45, 2.75) is 12.8 Å². The molecule has 0 bridgehead atoms. The lowest BCUT2D eigenvalue weighted by Crippen LogP contribution is -2.24. The Hall–Kier alpha value is -3.08. The molecule has 3 heterocycles. The quantitative estimate of drug-likeness (QED) is 0.788. The second-order valence-electron chi connectivity index (χ2n) is 6.26. The summed E-state index contributed by atoms with van der Waals surface area (Å²) in [6.45, 7) is 1.04. The highest BCUT2D eigenvalue weighted by molar-refractivity contribution is 6.04. The molecule has 126 valence electrons. The van der Waals surface area contributed by atoms with Gasteiger partial charge in [-0.15, -0.1) is 0 Å². The molecule has 0 fully saturated rings. The summed E-state index contributed by atoms with van der Waals surface area (Å²) in [7, 11) is 2.08. The van der Waals surface area contributed by atoms with Crippen LogP contribution in [0.4, 0.5) is 11.4 Å². The number of hydrogen-bond acceptors (Lipinski definition) is 4. The third-order valence-electron chi connectivity index (χ3n) is 4.52. The second kappa shape index (κ2) is 6.43. The summed E-state index contributed by atoms with van der Waals surface area (Å²) in [5.41, 5.74) is 4.70. The van der Waals surface area contributed by atoms with E-state index < -0.39 is 0 Å². The van der Waals surface area contributed by atoms with Gasteiger partial charge in [0, 0.05) is 42.9 Å². The maximum absolute atomic E-state index is 12.5. The number of hydrogen-bond donors (Lipinski definition) is 1. The molecule has 1 N–H and O–H groups in total. The van der Waals surface area contributed by atoms with E-state index in [2.05, 4.69) is 28.3 Å². The van der Waals surface area contributed by atoms with Gasteiger partial charge in [0.1, 0.15) is 12.0 Å². The van der Waals surface area contributed by atoms with Gasteiger partial charge in [0.2, 0.25) is 0 Å². The van der Waals surface area contributed by atoms with Crippen LogP contribution in [0.3, 0.4) is 0 Å². The lowest BCUT2D eigenvalue weighted by molar-refractivity contribution is 0.102. The maximum atomic E-state index is 12.5. The molecule has 0 aliphatic carbocycles. The van der Waals surface area contributed by atoms with E-state index in [0.29, 0.717) is 11.3 Å². The third kappa shape index (κ3) is 3.13. The first-order valence-electron chi connectivity index (χ1n) is 8.35. The lowest BCUT2D eigenvalue weighted by atomic mass is 10.0. The van der Waals surface area contributed by atoms with Gasteiger partial charge in [-0.1, -0.05) is 6.07 Å². The van der Waals surface area contributed by atoms with E-state index >= 15 is 0 Å². The fraction of sp³-hybridized carbons (Fsp3) is 0.200. The topological polar surface area (TPSA) is 58.4 Å². The molecule has 1 amide bonds. The smallest absolute Gasteiger partial charge is 0.258 e. The number of pyridine rings is 1. The first kappa shape index (κ1) is 15.4. The van der Waals surface area contributed by atoms with Crippen LogP contribution >= 0.6 is 0 Å². The Labute approximate surface area is 146 Å². The van der Waals surface area contributed by atoms with E-state index in [1.165, 1.54) is 23.9 Å². The Balaban J connectivity index is 1.53. The molecule has 0 unspecified atom stereocenters. The van der Waals surface area contributed by atoms with Crippen LogP contribution in [0.25, 0.3) is 11.3 Å². The standard InChI is InChI=1S/C20H19N3O2/c1-23-10-2-3-14-4-5-17(12-18(14)23)22-20(24)16-11-19(25-13-16)15-6-8-21-9-7-15/h4-9,11-13H,2-3,10H2,1H3,(H,22,24). The largest absolute Gasteiger partial charge is 0.464 e. The molecule has 1 aliphatic heterocycles. The molecule has 0 atom stereocenters. The van der Waals surface area contributed by atoms with Gasteiger partial charge < -0.3 is 14.6 Å². The minimum absolute atomic E-state index is 0.178. The van der Waals surface area contributed by atoms with Gasteiger partial charge in [-0.2, -0.15) is 0 Å². The molecule has 0 spiro atoms. The van der Waals surface area contributed by atoms with Gasteiger partial charge >= 0.3 is 0 Å². The average Bonchev–Trinajstić information content (AvgIpc) is 3.13. The fourth-order valence-corrected chi connectivity index (χ4v) is 3.16. The zero-order chi connectivity index (χ0) is 17.2. The number of aryl methyl sites for hydroxylation is 1. The summed E-state index contributed by atoms with van der Waals surface area (Å²) in [5.74, 6) is 0.472. The van der Waals surface area contributed by atoms with Crippen molar-refractivity contribution >= 4 is 17.3 Å². The highest BCUT2D eigenvalue weighted by Gasteiger charge is 2.16. The van der Waals surface area contributed by atoms with Crippen molar-refractivity contribution in [1.82, 2.24) is 4.98 Å². The van der Waals surface area contributed by atoms with E-state index in [-0.39, 0.29) is 5.91 Å². The Morgan fingerprint density at radius 3 is 2.88 bits per heavy atom. The Bertz CT molecular complexity index is 902. The van der Waals surface area contributed by atoms with Gasteiger partial charge in [-0.3, -0.25) is 9.78 Å². The lowest BCUT2D eigenvalue weighted by Gasteiger charge is -2.28. The summed E-state index contributed by atoms with van der Waals surface area (Å²) in [6, 6.07) is 11.5. The molecule has 3 aromatic rings. The molecule has 0 saturated carbocycles. The van der Waals surface area contributed by atoms with Gasteiger partial charge in [0.25, 0.3) is 5.91 Å². The SMILES string of the molecule is CN1CCCc2ccc(NC(=O)c3coc(-c4ccncc4)c3)cc21. The first-order chi connectivity index (χ1) is 12.2. The van der Waals surface area contributed by atoms with Crippen molar-refractivity contribution in [2.75, 3.05) is 23.8 Å². The zero-order valence-electron chi connectivity index (χ0n) is 14.0. The van der Waals surface area contributed by atoms with Crippen LogP contribution in [0.2, 0.25) is 0 Å². The number of fused-ring (bicyclic) bond motifs is 1. The second-order valence-corrected chi connectivity index (χ2v) is 6.26. The summed E-state index contributed by atoms with van der Waals surface area (Å²) >= 11 is 0. The van der Waals surface area contributed by atoms with E-state index in [9.17, 15) is 4.79 Å². The fourth-order valence-electron chi connectivity index (χ4n) is 3.16. The van der Waals surface area contributed by atoms with Crippen molar-refractivity contribution in [1.29, 1.82) is 0 Å². The Morgan fingerprint density at radius 2 is 2.04 bits per heavy atom. The monoisotopic (exact) mass is 333 g/mol. The van der Waals surface area contributed by atoms with Crippen LogP contribution in [0.5, 0.6) is 0 Å². The molecule has 5 nitrogen and oxygen atoms in total. The molecular formula is C20H19N3O2. The van der Waals surface area contributed by atoms with Crippen LogP contribution in [0.1, 0.15) is 22.3 Å². The molecule has 4 rings (SSSR count). The van der Waals surface area contributed by atoms with Crippen molar-refractivity contribution in [3.05, 3.63) is 66.2 Å². The molecule has 5 heteroatoms. The summed E-state index contributed by atoms with van der Waals surface area (Å²) in [4.78, 5) is 18.7. The number of nitrogens with one attached hydrogen (secondary N) is 1. The number of rotatable bonds is 3. The van der Waals surface area contributed by atoms with Gasteiger partial charge in [0.05, 0.1) is 5.56 Å². The van der Waals surface area contributed by atoms with Crippen LogP contribution in [-0.2, 0) is 6.42 Å². The number of carbonyl (C=O) groups is 1. The van der Waals surface area contributed by atoms with Gasteiger partial charge in [0.15, 0.2) is 0 Å². The number of aromatic nitrogens is 1. The normalized spacial score (nSPS) is 13.4. The van der Waals surface area contributed by atoms with Crippen molar-refractivity contribution in [2.24, 2.45) is 0 Å². The summed E-state index contributed by atoms with van der Waals surface area (Å²) < 4.78 is 5.52. The van der Waals surface area contributed by atoms with Crippen LogP contribution in [-0.4, -0.2) is 24.5 Å². The number of furan rings is 1. The van der Waals surface area contributed by atoms with E-state index in [4.69, 9.17) is 4.42 Å². The molecule has 0 radical (unpaired) electrons. The predicted octanol–water partition coefficient (Wildman–Crippen LogP) is 3.98. The minimum Gasteiger partial charge on any atom is -0.464 e. The van der Waals surface area contributed by atoms with Crippen LogP contribution < -0.4 is 10.2 Å². The minimum atomic E-state index is -0.178. The number of carbonyl (C=O) groups excluding carboxylic acids is 1. The first-order valence-corrected chi connectivity index (χ1v) is 8.35. The molecule has 1 aromatic carbocycles. The third-order valence-corrected chi connectivity index (χ3v) is 4.52. The Morgan fingerprint density at radius 1 is 1.20 bits per heavy atom. The molecular weight excluding hydrogens is 314 g/mol. The van der Waals surface area contributed by atoms with Crippen molar-refractivity contribution in [3.8, 4) is 11.3 Å². The van der Waals surface area contributed by atoms with E-state index in [1.807, 2.05) is 24.3 Å². The Kier molecular flexibility index (Phi) is 3.98. The van der Waals surface area contributed by atoms with E-state index in [1.54, 1.807) is 18.5 Å². The predicted molar refractivity (Wildman–Crippen MR) is 97.9 cm³/mol. The number of nitrogens with zero attached hydrogens (tertiary/aromatic N) is 2. The maximum Gasteiger partial charge on any atom is 0.258 e. The molecule has 0 saturated heterocycles. The number of anilines is 2. The highest BCUT2D eigenvalue weighted by atomic mass is 16.3. The van der Waals surface area contributed by atoms with Crippen LogP contribution in [0, 0.1) is 0 Å². The van der Waals surface area contributed by atoms with Gasteiger partial charge in [-0.05, 0) is 48.7 Å². The molecule has 25 heavy (non-hydrogen) atoms. The zero-order valence-corrected chi connectivity index (χ0v) is 14.0. The highest BCUT2D eigenvalue weighted by Crippen LogP contribution is 2.29. The number of amides is 1. The molecule has 1 aliphatic rings. The molecule has 2 aromatic heterocycles. The van der Waals surface area contributed by atoms with Crippen molar-refractivity contribution < 1.29 is 9.21 Å². The summed E-state index contributed by atoms with van der Waals surface area (Å²) in [5, 5.41) is 2.96. The summed E-state index contributed by atoms with van der Waals surface area (Å²) in [6.07, 6.45) is 7.13. The van der Waals surface area contributed by atoms with Crippen molar-refractivity contribution in [3.63, 3.8) is 0 Å². The van der Waals surface area contributed by atoms with Crippen LogP contribution in [0.15, 0.2) is 59.5 Å². The number of benzene rings is 1. The van der Waals surface area contributed by atoms with E-state index in [0.717, 1.165) is 24.2 Å². The van der Waals surface area contributed by atoms with Gasteiger partial charge in [-0.25, -0.2) is 0 Å².